The molecule has 6 heteroatoms. The van der Waals surface area contributed by atoms with Crippen molar-refractivity contribution in [3.05, 3.63) is 17.5 Å². The molecule has 0 aliphatic rings. The van der Waals surface area contributed by atoms with E-state index in [1.54, 1.807) is 24.9 Å². The minimum Gasteiger partial charge on any atom is -0.351 e. The van der Waals surface area contributed by atoms with Crippen molar-refractivity contribution in [1.29, 1.82) is 0 Å². The molecule has 1 aromatic heterocycles. The molecule has 0 radical (unpaired) electrons. The molecule has 0 atom stereocenters. The molecule has 0 aromatic carbocycles. The van der Waals surface area contributed by atoms with Crippen LogP contribution in [-0.2, 0) is 16.5 Å². The first-order chi connectivity index (χ1) is 8.58. The summed E-state index contributed by atoms with van der Waals surface area (Å²) < 4.78 is 12.3. The standard InChI is InChI=1S/C12H21N3O3/c1-5-17-11(18-6-2)7-13-12(16)10-8-15(4)14-9(10)3/h8,11H,5-7H2,1-4H3,(H,13,16). The van der Waals surface area contributed by atoms with Gasteiger partial charge in [-0.25, -0.2) is 0 Å². The molecule has 0 unspecified atom stereocenters. The molecule has 0 saturated carbocycles. The summed E-state index contributed by atoms with van der Waals surface area (Å²) in [5.41, 5.74) is 1.28. The molecule has 0 saturated heterocycles. The molecule has 6 nitrogen and oxygen atoms in total. The number of hydrogen-bond donors (Lipinski definition) is 1. The Hall–Kier alpha value is -1.40. The van der Waals surface area contributed by atoms with Crippen LogP contribution in [0.3, 0.4) is 0 Å². The van der Waals surface area contributed by atoms with E-state index in [9.17, 15) is 4.79 Å². The van der Waals surface area contributed by atoms with Crippen molar-refractivity contribution >= 4 is 5.91 Å². The maximum atomic E-state index is 11.9. The van der Waals surface area contributed by atoms with Gasteiger partial charge in [0.2, 0.25) is 0 Å². The van der Waals surface area contributed by atoms with E-state index in [1.807, 2.05) is 13.8 Å². The van der Waals surface area contributed by atoms with Gasteiger partial charge in [0.05, 0.1) is 17.8 Å². The Bertz CT molecular complexity index is 384. The number of carbonyl (C=O) groups is 1. The average molecular weight is 255 g/mol. The van der Waals surface area contributed by atoms with Crippen LogP contribution in [0.4, 0.5) is 0 Å². The van der Waals surface area contributed by atoms with Gasteiger partial charge in [-0.05, 0) is 20.8 Å². The van der Waals surface area contributed by atoms with E-state index in [0.29, 0.717) is 31.0 Å². The molecule has 102 valence electrons. The third-order valence-electron chi connectivity index (χ3n) is 2.39. The van der Waals surface area contributed by atoms with Gasteiger partial charge >= 0.3 is 0 Å². The van der Waals surface area contributed by atoms with Crippen LogP contribution in [0, 0.1) is 6.92 Å². The van der Waals surface area contributed by atoms with E-state index in [4.69, 9.17) is 9.47 Å². The lowest BCUT2D eigenvalue weighted by atomic mass is 10.2. The van der Waals surface area contributed by atoms with Crippen LogP contribution in [0.5, 0.6) is 0 Å². The van der Waals surface area contributed by atoms with Gasteiger partial charge in [-0.3, -0.25) is 9.48 Å². The van der Waals surface area contributed by atoms with E-state index >= 15 is 0 Å². The van der Waals surface area contributed by atoms with Crippen LogP contribution in [-0.4, -0.2) is 41.7 Å². The summed E-state index contributed by atoms with van der Waals surface area (Å²) in [6, 6.07) is 0. The lowest BCUT2D eigenvalue weighted by molar-refractivity contribution is -0.131. The third kappa shape index (κ3) is 4.12. The zero-order chi connectivity index (χ0) is 13.5. The summed E-state index contributed by atoms with van der Waals surface area (Å²) >= 11 is 0. The van der Waals surface area contributed by atoms with Crippen LogP contribution in [0.25, 0.3) is 0 Å². The van der Waals surface area contributed by atoms with Gasteiger partial charge in [0.25, 0.3) is 5.91 Å². The molecular weight excluding hydrogens is 234 g/mol. The predicted octanol–water partition coefficient (Wildman–Crippen LogP) is 0.857. The topological polar surface area (TPSA) is 65.4 Å². The highest BCUT2D eigenvalue weighted by Gasteiger charge is 2.15. The van der Waals surface area contributed by atoms with E-state index in [-0.39, 0.29) is 5.91 Å². The van der Waals surface area contributed by atoms with Gasteiger partial charge in [-0.1, -0.05) is 0 Å². The van der Waals surface area contributed by atoms with E-state index < -0.39 is 6.29 Å². The molecular formula is C12H21N3O3. The van der Waals surface area contributed by atoms with Crippen molar-refractivity contribution in [3.8, 4) is 0 Å². The molecule has 1 rings (SSSR count). The summed E-state index contributed by atoms with van der Waals surface area (Å²) in [5, 5.41) is 6.91. The summed E-state index contributed by atoms with van der Waals surface area (Å²) in [7, 11) is 1.78. The van der Waals surface area contributed by atoms with Crippen LogP contribution < -0.4 is 5.32 Å². The minimum atomic E-state index is -0.402. The fraction of sp³-hybridized carbons (Fsp3) is 0.667. The number of hydrogen-bond acceptors (Lipinski definition) is 4. The van der Waals surface area contributed by atoms with Crippen molar-refractivity contribution < 1.29 is 14.3 Å². The number of amides is 1. The molecule has 0 aliphatic carbocycles. The number of aryl methyl sites for hydroxylation is 2. The van der Waals surface area contributed by atoms with Gasteiger partial charge in [0, 0.05) is 26.5 Å². The SMILES string of the molecule is CCOC(CNC(=O)c1cn(C)nc1C)OCC. The Morgan fingerprint density at radius 1 is 1.44 bits per heavy atom. The minimum absolute atomic E-state index is 0.162. The molecule has 0 aliphatic heterocycles. The summed E-state index contributed by atoms with van der Waals surface area (Å²) in [6.07, 6.45) is 1.29. The maximum absolute atomic E-state index is 11.9. The number of nitrogens with one attached hydrogen (secondary N) is 1. The van der Waals surface area contributed by atoms with Crippen molar-refractivity contribution in [2.24, 2.45) is 7.05 Å². The van der Waals surface area contributed by atoms with Gasteiger partial charge in [0.1, 0.15) is 0 Å². The fourth-order valence-corrected chi connectivity index (χ4v) is 1.63. The molecule has 0 bridgehead atoms. The Morgan fingerprint density at radius 3 is 2.50 bits per heavy atom. The highest BCUT2D eigenvalue weighted by atomic mass is 16.7. The predicted molar refractivity (Wildman–Crippen MR) is 67.3 cm³/mol. The summed E-state index contributed by atoms with van der Waals surface area (Å²) in [6.45, 7) is 7.00. The first-order valence-electron chi connectivity index (χ1n) is 6.10. The van der Waals surface area contributed by atoms with Crippen LogP contribution in [0.15, 0.2) is 6.20 Å². The molecule has 18 heavy (non-hydrogen) atoms. The molecule has 1 aromatic rings. The lowest BCUT2D eigenvalue weighted by Gasteiger charge is -2.17. The third-order valence-corrected chi connectivity index (χ3v) is 2.39. The molecule has 1 N–H and O–H groups in total. The Kier molecular flexibility index (Phi) is 5.80. The largest absolute Gasteiger partial charge is 0.351 e. The van der Waals surface area contributed by atoms with Crippen molar-refractivity contribution in [2.75, 3.05) is 19.8 Å². The number of ether oxygens (including phenoxy) is 2. The average Bonchev–Trinajstić information content (AvgIpc) is 2.65. The Balaban J connectivity index is 2.51. The van der Waals surface area contributed by atoms with Crippen LogP contribution >= 0.6 is 0 Å². The van der Waals surface area contributed by atoms with Crippen molar-refractivity contribution in [2.45, 2.75) is 27.1 Å². The number of rotatable bonds is 7. The highest BCUT2D eigenvalue weighted by Crippen LogP contribution is 2.04. The molecule has 1 heterocycles. The van der Waals surface area contributed by atoms with Gasteiger partial charge in [0.15, 0.2) is 6.29 Å². The van der Waals surface area contributed by atoms with Crippen molar-refractivity contribution in [1.82, 2.24) is 15.1 Å². The first kappa shape index (κ1) is 14.7. The fourth-order valence-electron chi connectivity index (χ4n) is 1.63. The molecule has 0 spiro atoms. The zero-order valence-electron chi connectivity index (χ0n) is 11.4. The second kappa shape index (κ2) is 7.13. The van der Waals surface area contributed by atoms with E-state index in [2.05, 4.69) is 10.4 Å². The lowest BCUT2D eigenvalue weighted by Crippen LogP contribution is -2.35. The van der Waals surface area contributed by atoms with E-state index in [1.165, 1.54) is 0 Å². The number of aromatic nitrogens is 2. The second-order valence-corrected chi connectivity index (χ2v) is 3.85. The molecule has 1 amide bonds. The second-order valence-electron chi connectivity index (χ2n) is 3.85. The van der Waals surface area contributed by atoms with Gasteiger partial charge < -0.3 is 14.8 Å². The van der Waals surface area contributed by atoms with Crippen LogP contribution in [0.2, 0.25) is 0 Å². The maximum Gasteiger partial charge on any atom is 0.254 e. The quantitative estimate of drug-likeness (QED) is 0.734. The van der Waals surface area contributed by atoms with Crippen molar-refractivity contribution in [3.63, 3.8) is 0 Å². The van der Waals surface area contributed by atoms with E-state index in [0.717, 1.165) is 0 Å². The van der Waals surface area contributed by atoms with Crippen LogP contribution in [0.1, 0.15) is 29.9 Å². The summed E-state index contributed by atoms with van der Waals surface area (Å²) in [5.74, 6) is -0.162. The number of nitrogens with zero attached hydrogens (tertiary/aromatic N) is 2. The Morgan fingerprint density at radius 2 is 2.06 bits per heavy atom. The highest BCUT2D eigenvalue weighted by molar-refractivity contribution is 5.94. The molecule has 0 fully saturated rings. The Labute approximate surface area is 107 Å². The first-order valence-corrected chi connectivity index (χ1v) is 6.10. The summed E-state index contributed by atoms with van der Waals surface area (Å²) in [4.78, 5) is 11.9. The van der Waals surface area contributed by atoms with Gasteiger partial charge in [-0.15, -0.1) is 0 Å². The number of carbonyl (C=O) groups excluding carboxylic acids is 1. The monoisotopic (exact) mass is 255 g/mol. The zero-order valence-corrected chi connectivity index (χ0v) is 11.4. The normalized spacial score (nSPS) is 10.9. The smallest absolute Gasteiger partial charge is 0.254 e. The van der Waals surface area contributed by atoms with Gasteiger partial charge in [-0.2, -0.15) is 5.10 Å².